The van der Waals surface area contributed by atoms with Crippen molar-refractivity contribution in [3.05, 3.63) is 29.8 Å². The maximum absolute atomic E-state index is 5.98. The summed E-state index contributed by atoms with van der Waals surface area (Å²) in [4.78, 5) is 0. The summed E-state index contributed by atoms with van der Waals surface area (Å²) in [5.41, 5.74) is 1.36. The number of hydrogen-bond donors (Lipinski definition) is 1. The Morgan fingerprint density at radius 3 is 2.39 bits per heavy atom. The van der Waals surface area contributed by atoms with Crippen LogP contribution in [0.25, 0.3) is 0 Å². The number of hydrogen-bond acceptors (Lipinski definition) is 2. The Bertz CT molecular complexity index is 341. The summed E-state index contributed by atoms with van der Waals surface area (Å²) < 4.78 is 5.98. The molecule has 2 nitrogen and oxygen atoms in total. The van der Waals surface area contributed by atoms with E-state index in [-0.39, 0.29) is 0 Å². The highest BCUT2D eigenvalue weighted by atomic mass is 16.5. The molecule has 1 aliphatic rings. The Hall–Kier alpha value is -1.02. The molecule has 0 aromatic heterocycles. The van der Waals surface area contributed by atoms with Gasteiger partial charge in [0.1, 0.15) is 5.75 Å². The summed E-state index contributed by atoms with van der Waals surface area (Å²) in [5.74, 6) is 1.03. The molecule has 100 valence electrons. The molecule has 0 radical (unpaired) electrons. The van der Waals surface area contributed by atoms with E-state index in [0.717, 1.165) is 18.7 Å². The summed E-state index contributed by atoms with van der Waals surface area (Å²) in [6.45, 7) is 5.38. The van der Waals surface area contributed by atoms with E-state index in [4.69, 9.17) is 4.74 Å². The maximum Gasteiger partial charge on any atom is 0.119 e. The molecule has 0 saturated heterocycles. The number of rotatable bonds is 6. The summed E-state index contributed by atoms with van der Waals surface area (Å²) in [5, 5.41) is 3.50. The van der Waals surface area contributed by atoms with Crippen molar-refractivity contribution in [1.29, 1.82) is 0 Å². The Kier molecular flexibility index (Phi) is 5.06. The van der Waals surface area contributed by atoms with Crippen molar-refractivity contribution in [3.8, 4) is 5.75 Å². The van der Waals surface area contributed by atoms with Crippen molar-refractivity contribution < 1.29 is 4.74 Å². The Balaban J connectivity index is 1.95. The van der Waals surface area contributed by atoms with Crippen LogP contribution in [0.4, 0.5) is 0 Å². The van der Waals surface area contributed by atoms with E-state index in [1.807, 2.05) is 0 Å². The van der Waals surface area contributed by atoms with Crippen LogP contribution in [-0.4, -0.2) is 12.6 Å². The molecule has 0 heterocycles. The Morgan fingerprint density at radius 2 is 1.83 bits per heavy atom. The van der Waals surface area contributed by atoms with Crippen LogP contribution >= 0.6 is 0 Å². The predicted octanol–water partition coefficient (Wildman–Crippen LogP) is 4.07. The third kappa shape index (κ3) is 3.49. The lowest BCUT2D eigenvalue weighted by molar-refractivity contribution is 0.210. The van der Waals surface area contributed by atoms with Gasteiger partial charge in [0.15, 0.2) is 0 Å². The lowest BCUT2D eigenvalue weighted by Crippen LogP contribution is -2.20. The monoisotopic (exact) mass is 247 g/mol. The van der Waals surface area contributed by atoms with Crippen LogP contribution in [0.15, 0.2) is 24.3 Å². The van der Waals surface area contributed by atoms with Crippen LogP contribution < -0.4 is 10.1 Å². The zero-order valence-electron chi connectivity index (χ0n) is 11.6. The molecule has 2 rings (SSSR count). The zero-order chi connectivity index (χ0) is 12.8. The smallest absolute Gasteiger partial charge is 0.119 e. The van der Waals surface area contributed by atoms with Gasteiger partial charge in [0.05, 0.1) is 6.10 Å². The molecule has 1 aliphatic carbocycles. The van der Waals surface area contributed by atoms with E-state index in [2.05, 4.69) is 43.4 Å². The highest BCUT2D eigenvalue weighted by Crippen LogP contribution is 2.25. The topological polar surface area (TPSA) is 21.3 Å². The largest absolute Gasteiger partial charge is 0.490 e. The van der Waals surface area contributed by atoms with Crippen LogP contribution in [0, 0.1) is 0 Å². The number of nitrogens with one attached hydrogen (secondary N) is 1. The van der Waals surface area contributed by atoms with Crippen molar-refractivity contribution in [2.24, 2.45) is 0 Å². The number of benzene rings is 1. The van der Waals surface area contributed by atoms with Gasteiger partial charge >= 0.3 is 0 Å². The summed E-state index contributed by atoms with van der Waals surface area (Å²) >= 11 is 0. The molecule has 1 atom stereocenters. The average molecular weight is 247 g/mol. The van der Waals surface area contributed by atoms with Gasteiger partial charge in [-0.05, 0) is 56.3 Å². The maximum atomic E-state index is 5.98. The third-order valence-electron chi connectivity index (χ3n) is 3.75. The molecule has 1 aromatic rings. The van der Waals surface area contributed by atoms with Crippen molar-refractivity contribution in [2.75, 3.05) is 6.54 Å². The van der Waals surface area contributed by atoms with Crippen LogP contribution in [0.5, 0.6) is 5.75 Å². The lowest BCUT2D eigenvalue weighted by Gasteiger charge is -2.18. The van der Waals surface area contributed by atoms with E-state index < -0.39 is 0 Å². The van der Waals surface area contributed by atoms with Gasteiger partial charge in [0.25, 0.3) is 0 Å². The Labute approximate surface area is 111 Å². The van der Waals surface area contributed by atoms with Gasteiger partial charge in [-0.1, -0.05) is 26.0 Å². The second-order valence-electron chi connectivity index (χ2n) is 5.11. The second-order valence-corrected chi connectivity index (χ2v) is 5.11. The van der Waals surface area contributed by atoms with Crippen LogP contribution in [0.2, 0.25) is 0 Å². The van der Waals surface area contributed by atoms with Crippen molar-refractivity contribution in [3.63, 3.8) is 0 Å². The first-order valence-corrected chi connectivity index (χ1v) is 7.33. The molecule has 1 N–H and O–H groups in total. The van der Waals surface area contributed by atoms with Gasteiger partial charge in [-0.25, -0.2) is 0 Å². The minimum atomic E-state index is 0.451. The average Bonchev–Trinajstić information content (AvgIpc) is 2.90. The standard InChI is InChI=1S/C16H25NO/c1-3-16(17-4-2)13-9-11-15(12-10-13)18-14-7-5-6-8-14/h9-12,14,16-17H,3-8H2,1-2H3. The third-order valence-corrected chi connectivity index (χ3v) is 3.75. The lowest BCUT2D eigenvalue weighted by atomic mass is 10.0. The van der Waals surface area contributed by atoms with Crippen molar-refractivity contribution in [2.45, 2.75) is 58.1 Å². The van der Waals surface area contributed by atoms with Gasteiger partial charge < -0.3 is 10.1 Å². The molecule has 0 spiro atoms. The molecule has 0 aliphatic heterocycles. The minimum absolute atomic E-state index is 0.451. The van der Waals surface area contributed by atoms with Gasteiger partial charge in [0.2, 0.25) is 0 Å². The first-order valence-electron chi connectivity index (χ1n) is 7.33. The summed E-state index contributed by atoms with van der Waals surface area (Å²) in [6, 6.07) is 9.10. The van der Waals surface area contributed by atoms with Gasteiger partial charge in [0, 0.05) is 6.04 Å². The van der Waals surface area contributed by atoms with E-state index in [1.54, 1.807) is 0 Å². The molecule has 0 amide bonds. The fourth-order valence-electron chi connectivity index (χ4n) is 2.72. The molecular weight excluding hydrogens is 222 g/mol. The fraction of sp³-hybridized carbons (Fsp3) is 0.625. The summed E-state index contributed by atoms with van der Waals surface area (Å²) in [7, 11) is 0. The molecule has 18 heavy (non-hydrogen) atoms. The molecule has 2 heteroatoms. The summed E-state index contributed by atoms with van der Waals surface area (Å²) in [6.07, 6.45) is 6.65. The van der Waals surface area contributed by atoms with E-state index in [9.17, 15) is 0 Å². The molecular formula is C16H25NO. The zero-order valence-corrected chi connectivity index (χ0v) is 11.6. The SMILES string of the molecule is CCNC(CC)c1ccc(OC2CCCC2)cc1. The second kappa shape index (κ2) is 6.79. The molecule has 1 unspecified atom stereocenters. The van der Waals surface area contributed by atoms with Crippen molar-refractivity contribution in [1.82, 2.24) is 5.32 Å². The molecule has 1 aromatic carbocycles. The molecule has 0 bridgehead atoms. The van der Waals surface area contributed by atoms with E-state index in [1.165, 1.54) is 31.2 Å². The van der Waals surface area contributed by atoms with Gasteiger partial charge in [-0.3, -0.25) is 0 Å². The first kappa shape index (κ1) is 13.4. The Morgan fingerprint density at radius 1 is 1.17 bits per heavy atom. The number of ether oxygens (including phenoxy) is 1. The quantitative estimate of drug-likeness (QED) is 0.818. The minimum Gasteiger partial charge on any atom is -0.490 e. The van der Waals surface area contributed by atoms with Gasteiger partial charge in [-0.2, -0.15) is 0 Å². The van der Waals surface area contributed by atoms with Gasteiger partial charge in [-0.15, -0.1) is 0 Å². The van der Waals surface area contributed by atoms with Crippen LogP contribution in [0.3, 0.4) is 0 Å². The molecule has 1 saturated carbocycles. The highest BCUT2D eigenvalue weighted by Gasteiger charge is 2.16. The first-order chi connectivity index (χ1) is 8.83. The van der Waals surface area contributed by atoms with E-state index >= 15 is 0 Å². The van der Waals surface area contributed by atoms with Crippen LogP contribution in [-0.2, 0) is 0 Å². The van der Waals surface area contributed by atoms with Crippen LogP contribution in [0.1, 0.15) is 57.6 Å². The van der Waals surface area contributed by atoms with E-state index in [0.29, 0.717) is 12.1 Å². The molecule has 1 fully saturated rings. The fourth-order valence-corrected chi connectivity index (χ4v) is 2.72. The predicted molar refractivity (Wildman–Crippen MR) is 76.0 cm³/mol. The highest BCUT2D eigenvalue weighted by molar-refractivity contribution is 5.29. The normalized spacial score (nSPS) is 17.9. The van der Waals surface area contributed by atoms with Crippen molar-refractivity contribution >= 4 is 0 Å².